The molecule has 36 heteroatoms. The molecule has 2 aliphatic carbocycles. The van der Waals surface area contributed by atoms with E-state index >= 15 is 0 Å². The van der Waals surface area contributed by atoms with E-state index in [0.717, 1.165) is 160 Å². The van der Waals surface area contributed by atoms with Crippen molar-refractivity contribution in [1.82, 2.24) is 5.32 Å². The first kappa shape index (κ1) is 125. The molecule has 0 radical (unpaired) electrons. The largest absolute Gasteiger partial charge is 1.00 e. The zero-order chi connectivity index (χ0) is 103. The number of benzene rings is 8. The van der Waals surface area contributed by atoms with Crippen LogP contribution in [0.4, 0.5) is 22.7 Å². The number of ether oxygens (including phenoxy) is 2. The molecule has 6 aliphatic rings. The predicted molar refractivity (Wildman–Crippen MR) is 559 cm³/mol. The molecule has 0 saturated heterocycles. The first-order valence-corrected chi connectivity index (χ1v) is 57.6. The van der Waals surface area contributed by atoms with Gasteiger partial charge in [0.15, 0.2) is 11.4 Å². The summed E-state index contributed by atoms with van der Waals surface area (Å²) in [7, 11) is -26.9. The number of nitrogens with zero attached hydrogens (tertiary/aromatic N) is 4. The fourth-order valence-electron chi connectivity index (χ4n) is 20.9. The molecular weight excluding hydrogens is 2020 g/mol. The second-order valence-electron chi connectivity index (χ2n) is 39.3. The van der Waals surface area contributed by atoms with Gasteiger partial charge in [0.05, 0.1) is 73.3 Å². The van der Waals surface area contributed by atoms with Crippen LogP contribution in [0.15, 0.2) is 224 Å². The van der Waals surface area contributed by atoms with Gasteiger partial charge in [0.1, 0.15) is 46.5 Å². The number of terminal acetylenes is 2. The number of allylic oxidation sites excluding steroid dienone is 12. The summed E-state index contributed by atoms with van der Waals surface area (Å²) in [6.07, 6.45) is 36.2. The van der Waals surface area contributed by atoms with Gasteiger partial charge in [0.2, 0.25) is 11.4 Å². The van der Waals surface area contributed by atoms with Crippen LogP contribution in [0.5, 0.6) is 0 Å². The van der Waals surface area contributed by atoms with E-state index in [4.69, 9.17) is 33.9 Å². The van der Waals surface area contributed by atoms with Gasteiger partial charge in [0, 0.05) is 137 Å². The van der Waals surface area contributed by atoms with E-state index in [2.05, 4.69) is 203 Å². The molecule has 145 heavy (non-hydrogen) atoms. The van der Waals surface area contributed by atoms with Crippen LogP contribution >= 0.6 is 11.6 Å². The number of hydrogen-bond acceptors (Lipinski definition) is 23. The number of rotatable bonds is 38. The Kier molecular flexibility index (Phi) is 45.0. The number of fused-ring (bicyclic) bond motifs is 12. The third-order valence-corrected chi connectivity index (χ3v) is 32.8. The van der Waals surface area contributed by atoms with Gasteiger partial charge in [-0.25, -0.2) is 50.5 Å². The van der Waals surface area contributed by atoms with Crippen molar-refractivity contribution in [3.63, 3.8) is 0 Å². The number of halogens is 1. The van der Waals surface area contributed by atoms with Crippen molar-refractivity contribution in [3.05, 3.63) is 248 Å². The van der Waals surface area contributed by atoms with Crippen molar-refractivity contribution in [2.45, 2.75) is 236 Å². The minimum Gasteiger partial charge on any atom is -0.748 e. The Balaban J connectivity index is 0.000000363. The summed E-state index contributed by atoms with van der Waals surface area (Å²) < 4.78 is 227. The molecule has 25 nitrogen and oxygen atoms in total. The monoisotopic (exact) mass is 2150 g/mol. The molecule has 1 N–H and O–H groups in total. The van der Waals surface area contributed by atoms with E-state index in [0.29, 0.717) is 93.4 Å². The van der Waals surface area contributed by atoms with Crippen molar-refractivity contribution < 1.29 is 216 Å². The average molecular weight is 2150 g/mol. The molecule has 2 atom stereocenters. The van der Waals surface area contributed by atoms with Gasteiger partial charge >= 0.3 is 118 Å². The van der Waals surface area contributed by atoms with Crippen molar-refractivity contribution in [1.29, 1.82) is 0 Å². The number of nitrogens with one attached hydrogen (secondary N) is 1. The topological polar surface area (TPSA) is 386 Å². The molecule has 14 rings (SSSR count). The van der Waals surface area contributed by atoms with E-state index in [1.165, 1.54) is 41.8 Å². The van der Waals surface area contributed by atoms with Crippen LogP contribution < -0.4 is 133 Å². The molecule has 758 valence electrons. The molecule has 8 aromatic rings. The van der Waals surface area contributed by atoms with Crippen LogP contribution in [0.25, 0.3) is 43.1 Å². The zero-order valence-corrected chi connectivity index (χ0v) is 100. The molecule has 4 aliphatic heterocycles. The van der Waals surface area contributed by atoms with Crippen LogP contribution in [-0.2, 0) is 91.8 Å². The van der Waals surface area contributed by atoms with Gasteiger partial charge in [-0.2, -0.15) is 9.15 Å². The molecule has 0 amide bonds. The van der Waals surface area contributed by atoms with Crippen molar-refractivity contribution in [2.24, 2.45) is 0 Å². The SMILES string of the molecule is C#CCOC1CC(/C=C/C2=[N+](CCCCS(=O)(=O)[O-])c3ccc4cc(C)ccc4c3C2(C)C)=C(CCCC)C(=C/C=C2/N(CCCCS(=O)(=O)[O-])c3ccc4cc(S(=O)(=O)[O-])ccc4c3C2(C)C)/C1.C#CCOC1CC(/C=C/C2=[N+](CCCCS(=O)(=O)[O-])c3ccc4cc(C)ccc4c3C2(C)C)=C(Cl)C(=C/C=C2/N(CCCCS(=O)(=O)[O-])c3ccc4cc(S(=O)(=O)[O-])ccc4c3C2(C)C)/C1.CCCNCC.[HH].[Na+].[Na+].[Na+].[Na+]. The van der Waals surface area contributed by atoms with Crippen LogP contribution in [-0.4, -0.2) is 186 Å². The maximum absolute atomic E-state index is 12.0. The molecule has 0 fully saturated rings. The van der Waals surface area contributed by atoms with E-state index in [1.807, 2.05) is 44.2 Å². The Labute approximate surface area is 954 Å². The second kappa shape index (κ2) is 52.4. The molecule has 8 aromatic carbocycles. The van der Waals surface area contributed by atoms with E-state index < -0.39 is 105 Å². The van der Waals surface area contributed by atoms with Gasteiger partial charge in [-0.05, 0) is 268 Å². The van der Waals surface area contributed by atoms with E-state index in [-0.39, 0.29) is 181 Å². The summed E-state index contributed by atoms with van der Waals surface area (Å²) in [4.78, 5) is 3.57. The summed E-state index contributed by atoms with van der Waals surface area (Å²) >= 11 is 7.38. The quantitative estimate of drug-likeness (QED) is 0.0127. The predicted octanol–water partition coefficient (Wildman–Crippen LogP) is 7.67. The Bertz CT molecular complexity index is 7380. The molecule has 0 spiro atoms. The zero-order valence-electron chi connectivity index (χ0n) is 86.6. The smallest absolute Gasteiger partial charge is 0.748 e. The summed E-state index contributed by atoms with van der Waals surface area (Å²) in [6, 6.07) is 37.4. The Morgan fingerprint density at radius 1 is 0.434 bits per heavy atom. The fraction of sp³-hybridized carbons (Fsp3) is 0.431. The fourth-order valence-corrected chi connectivity index (χ4v) is 24.5. The first-order chi connectivity index (χ1) is 66.3. The van der Waals surface area contributed by atoms with E-state index in [1.54, 1.807) is 24.3 Å². The van der Waals surface area contributed by atoms with E-state index in [9.17, 15) is 77.8 Å². The summed E-state index contributed by atoms with van der Waals surface area (Å²) in [5.41, 5.74) is 16.7. The third kappa shape index (κ3) is 30.7. The number of unbranched alkanes of at least 4 members (excludes halogenated alkanes) is 5. The Morgan fingerprint density at radius 2 is 0.800 bits per heavy atom. The number of hydrogen-bond donors (Lipinski definition) is 1. The molecule has 0 saturated carbocycles. The van der Waals surface area contributed by atoms with Crippen LogP contribution in [0.3, 0.4) is 0 Å². The molecular formula is C109H130ClN5Na4O20S6. The van der Waals surface area contributed by atoms with Gasteiger partial charge in [0.25, 0.3) is 0 Å². The average Bonchev–Trinajstić information content (AvgIpc) is 1.56. The van der Waals surface area contributed by atoms with Crippen LogP contribution in [0, 0.1) is 38.5 Å². The van der Waals surface area contributed by atoms with Gasteiger partial charge in [-0.15, -0.1) is 12.8 Å². The standard InChI is InChI=1S/C54H64N2O10S3.C50H55ClN2O10S3.C5H13N.4Na.H2/c1-8-10-15-44-39(19-26-49-53(4,5)51-45-22-16-37(3)33-38(45)17-24-47(51)55(49)28-11-13-31-67(57,58)59)34-42(66-30-9-2)35-40(44)20-27-50-54(6,7)52-46-23-21-43(69(63,64)65)36-41(46)18-25-48(52)56(50)29-12-14-32-68(60,61)62;1-7-26-63-38-30-36(15-22-44-49(3,4)46-40-18-12-33(2)29-34(40)13-20-42(46)52(44)24-8-10-27-64(54,55)56)48(51)37(31-38)16-23-45-50(5,6)47-41-19-17-39(66(60,61)62)32-35(41)14-21-43(47)53(45)25-9-11-28-65(57,58)59;1-3-5-6-4-2;;;;;/h2,16-27,33,36,42H,8,10-15,28-32,34-35H2,1,3-7H3,(H2-,57,58,59,60,61,62,63,64,65);1,12-23,29,32,38H,8-11,24-28,30-31H2,2-6H3,(H2-,54,55,56,57,58,59,60,61,62);6H,3-5H2,1-2H3;;;;;1H/q;;;4*+1;/p-4. The van der Waals surface area contributed by atoms with Gasteiger partial charge in [-0.3, -0.25) is 0 Å². The van der Waals surface area contributed by atoms with Crippen LogP contribution in [0.2, 0.25) is 0 Å². The van der Waals surface area contributed by atoms with Gasteiger partial charge in [-0.1, -0.05) is 174 Å². The molecule has 0 aromatic heterocycles. The Morgan fingerprint density at radius 3 is 1.18 bits per heavy atom. The minimum absolute atomic E-state index is 0. The van der Waals surface area contributed by atoms with Crippen molar-refractivity contribution in [2.75, 3.05) is 85.3 Å². The maximum Gasteiger partial charge on any atom is 1.00 e. The van der Waals surface area contributed by atoms with Crippen LogP contribution in [0.1, 0.15) is 214 Å². The summed E-state index contributed by atoms with van der Waals surface area (Å²) in [5.74, 6) is 3.37. The number of anilines is 2. The molecule has 2 unspecified atom stereocenters. The van der Waals surface area contributed by atoms with Gasteiger partial charge < -0.3 is 51.9 Å². The number of aryl methyl sites for hydroxylation is 2. The van der Waals surface area contributed by atoms with Crippen molar-refractivity contribution >= 4 is 150 Å². The third-order valence-electron chi connectivity index (χ3n) is 27.5. The minimum atomic E-state index is -4.70. The summed E-state index contributed by atoms with van der Waals surface area (Å²) in [6.45, 7) is 31.9. The normalized spacial score (nSPS) is 18.6. The maximum atomic E-state index is 12.0. The molecule has 0 bridgehead atoms. The second-order valence-corrected chi connectivity index (χ2v) is 48.5. The summed E-state index contributed by atoms with van der Waals surface area (Å²) in [5, 5.41) is 10.9. The van der Waals surface area contributed by atoms with Crippen molar-refractivity contribution in [3.8, 4) is 24.7 Å². The first-order valence-electron chi connectivity index (χ1n) is 48.1. The molecule has 4 heterocycles. The Hall–Kier alpha value is -5.59.